The molecule has 0 spiro atoms. The van der Waals surface area contributed by atoms with Gasteiger partial charge in [-0.2, -0.15) is 0 Å². The van der Waals surface area contributed by atoms with Crippen LogP contribution < -0.4 is 4.90 Å². The van der Waals surface area contributed by atoms with E-state index in [0.29, 0.717) is 12.2 Å². The van der Waals surface area contributed by atoms with Gasteiger partial charge in [0.15, 0.2) is 6.61 Å². The van der Waals surface area contributed by atoms with Crippen LogP contribution in [0.15, 0.2) is 66.7 Å². The molecule has 142 valence electrons. The lowest BCUT2D eigenvalue weighted by molar-refractivity contribution is -0.385. The molecule has 0 bridgehead atoms. The van der Waals surface area contributed by atoms with E-state index >= 15 is 0 Å². The Balaban J connectivity index is 1.78. The Bertz CT molecular complexity index is 1040. The number of nitrogens with zero attached hydrogens (tertiary/aromatic N) is 2. The molecule has 0 radical (unpaired) electrons. The number of rotatable bonds is 6. The first-order chi connectivity index (χ1) is 13.5. The molecule has 0 fully saturated rings. The third-order valence-corrected chi connectivity index (χ3v) is 4.32. The van der Waals surface area contributed by atoms with Crippen LogP contribution in [0.2, 0.25) is 0 Å². The molecule has 0 aliphatic rings. The Labute approximate surface area is 161 Å². The second-order valence-corrected chi connectivity index (χ2v) is 5.99. The second kappa shape index (κ2) is 8.30. The minimum Gasteiger partial charge on any atom is -0.452 e. The van der Waals surface area contributed by atoms with Gasteiger partial charge in [-0.1, -0.05) is 48.5 Å². The molecule has 3 aromatic carbocycles. The number of para-hydroxylation sites is 1. The zero-order valence-corrected chi connectivity index (χ0v) is 15.2. The number of anilines is 1. The maximum absolute atomic E-state index is 12.7. The van der Waals surface area contributed by atoms with Gasteiger partial charge in [-0.25, -0.2) is 4.79 Å². The molecule has 7 nitrogen and oxygen atoms in total. The number of hydrogen-bond donors (Lipinski definition) is 0. The summed E-state index contributed by atoms with van der Waals surface area (Å²) in [5, 5.41) is 12.9. The second-order valence-electron chi connectivity index (χ2n) is 5.99. The monoisotopic (exact) mass is 378 g/mol. The minimum absolute atomic E-state index is 0.187. The summed E-state index contributed by atoms with van der Waals surface area (Å²) in [6.07, 6.45) is 0. The van der Waals surface area contributed by atoms with Gasteiger partial charge in [-0.15, -0.1) is 0 Å². The van der Waals surface area contributed by atoms with Crippen molar-refractivity contribution in [2.75, 3.05) is 18.1 Å². The zero-order valence-electron chi connectivity index (χ0n) is 15.2. The van der Waals surface area contributed by atoms with Crippen LogP contribution in [0.1, 0.15) is 17.3 Å². The van der Waals surface area contributed by atoms with E-state index in [2.05, 4.69) is 0 Å². The van der Waals surface area contributed by atoms with Crippen LogP contribution >= 0.6 is 0 Å². The van der Waals surface area contributed by atoms with Crippen molar-refractivity contribution in [1.82, 2.24) is 0 Å². The standard InChI is InChI=1S/C21H18N2O5/c1-2-22(18-13-7-9-15-8-3-4-10-16(15)18)20(24)14-28-21(25)17-11-5-6-12-19(17)23(26)27/h3-13H,2,14H2,1H3. The lowest BCUT2D eigenvalue weighted by Crippen LogP contribution is -2.34. The van der Waals surface area contributed by atoms with Crippen molar-refractivity contribution in [3.63, 3.8) is 0 Å². The summed E-state index contributed by atoms with van der Waals surface area (Å²) in [5.41, 5.74) is 0.169. The number of likely N-dealkylation sites (N-methyl/N-ethyl adjacent to an activating group) is 1. The number of carbonyl (C=O) groups excluding carboxylic acids is 2. The van der Waals surface area contributed by atoms with Crippen LogP contribution in [-0.4, -0.2) is 30.0 Å². The Hall–Kier alpha value is -3.74. The van der Waals surface area contributed by atoms with E-state index in [4.69, 9.17) is 4.74 Å². The van der Waals surface area contributed by atoms with Crippen molar-refractivity contribution in [3.8, 4) is 0 Å². The van der Waals surface area contributed by atoms with E-state index in [1.54, 1.807) is 0 Å². The third kappa shape index (κ3) is 3.83. The zero-order chi connectivity index (χ0) is 20.1. The highest BCUT2D eigenvalue weighted by molar-refractivity contribution is 6.05. The van der Waals surface area contributed by atoms with Crippen LogP contribution in [-0.2, 0) is 9.53 Å². The summed E-state index contributed by atoms with van der Waals surface area (Å²) in [5.74, 6) is -1.32. The number of amides is 1. The number of ether oxygens (including phenoxy) is 1. The topological polar surface area (TPSA) is 89.8 Å². The first-order valence-electron chi connectivity index (χ1n) is 8.71. The van der Waals surface area contributed by atoms with Crippen molar-refractivity contribution in [1.29, 1.82) is 0 Å². The average molecular weight is 378 g/mol. The van der Waals surface area contributed by atoms with Crippen molar-refractivity contribution in [2.24, 2.45) is 0 Å². The highest BCUT2D eigenvalue weighted by Crippen LogP contribution is 2.27. The maximum atomic E-state index is 12.7. The van der Waals surface area contributed by atoms with Crippen LogP contribution in [0.25, 0.3) is 10.8 Å². The number of esters is 1. The largest absolute Gasteiger partial charge is 0.452 e. The number of carbonyl (C=O) groups is 2. The van der Waals surface area contributed by atoms with Crippen LogP contribution in [0.5, 0.6) is 0 Å². The minimum atomic E-state index is -0.908. The molecule has 0 heterocycles. The number of hydrogen-bond acceptors (Lipinski definition) is 5. The van der Waals surface area contributed by atoms with Crippen molar-refractivity contribution in [2.45, 2.75) is 6.92 Å². The molecule has 0 aliphatic carbocycles. The van der Waals surface area contributed by atoms with E-state index in [0.717, 1.165) is 10.8 Å². The fourth-order valence-electron chi connectivity index (χ4n) is 3.01. The molecule has 0 aliphatic heterocycles. The molecular formula is C21H18N2O5. The van der Waals surface area contributed by atoms with Gasteiger partial charge >= 0.3 is 5.97 Å². The Morgan fingerprint density at radius 2 is 1.68 bits per heavy atom. The van der Waals surface area contributed by atoms with Gasteiger partial charge < -0.3 is 9.64 Å². The molecule has 0 N–H and O–H groups in total. The average Bonchev–Trinajstić information content (AvgIpc) is 2.72. The van der Waals surface area contributed by atoms with Crippen LogP contribution in [0, 0.1) is 10.1 Å². The van der Waals surface area contributed by atoms with E-state index in [-0.39, 0.29) is 11.3 Å². The maximum Gasteiger partial charge on any atom is 0.345 e. The van der Waals surface area contributed by atoms with Crippen molar-refractivity contribution in [3.05, 3.63) is 82.4 Å². The number of benzene rings is 3. The van der Waals surface area contributed by atoms with Gasteiger partial charge in [0.25, 0.3) is 11.6 Å². The summed E-state index contributed by atoms with van der Waals surface area (Å²) in [7, 11) is 0. The molecule has 7 heteroatoms. The highest BCUT2D eigenvalue weighted by Gasteiger charge is 2.23. The lowest BCUT2D eigenvalue weighted by Gasteiger charge is -2.22. The molecular weight excluding hydrogens is 360 g/mol. The molecule has 1 amide bonds. The molecule has 0 saturated carbocycles. The van der Waals surface area contributed by atoms with E-state index in [9.17, 15) is 19.7 Å². The fraction of sp³-hybridized carbons (Fsp3) is 0.143. The lowest BCUT2D eigenvalue weighted by atomic mass is 10.1. The summed E-state index contributed by atoms with van der Waals surface area (Å²) < 4.78 is 5.06. The molecule has 3 aromatic rings. The normalized spacial score (nSPS) is 10.5. The quantitative estimate of drug-likeness (QED) is 0.368. The smallest absolute Gasteiger partial charge is 0.345 e. The molecule has 28 heavy (non-hydrogen) atoms. The molecule has 3 rings (SSSR count). The van der Waals surface area contributed by atoms with E-state index in [1.165, 1.54) is 29.2 Å². The first-order valence-corrected chi connectivity index (χ1v) is 8.71. The summed E-state index contributed by atoms with van der Waals surface area (Å²) >= 11 is 0. The van der Waals surface area contributed by atoms with E-state index in [1.807, 2.05) is 49.4 Å². The van der Waals surface area contributed by atoms with Crippen molar-refractivity contribution >= 4 is 34.0 Å². The van der Waals surface area contributed by atoms with Gasteiger partial charge in [-0.05, 0) is 24.4 Å². The fourth-order valence-corrected chi connectivity index (χ4v) is 3.01. The number of fused-ring (bicyclic) bond motifs is 1. The van der Waals surface area contributed by atoms with Gasteiger partial charge in [0.05, 0.1) is 10.6 Å². The number of nitro groups is 1. The molecule has 0 aromatic heterocycles. The van der Waals surface area contributed by atoms with Gasteiger partial charge in [0.2, 0.25) is 0 Å². The van der Waals surface area contributed by atoms with Crippen molar-refractivity contribution < 1.29 is 19.2 Å². The summed E-state index contributed by atoms with van der Waals surface area (Å²) in [4.78, 5) is 36.8. The predicted octanol–water partition coefficient (Wildman–Crippen LogP) is 3.96. The van der Waals surface area contributed by atoms with Gasteiger partial charge in [0, 0.05) is 18.0 Å². The SMILES string of the molecule is CCN(C(=O)COC(=O)c1ccccc1[N+](=O)[O-])c1cccc2ccccc12. The van der Waals surface area contributed by atoms with E-state index < -0.39 is 23.4 Å². The van der Waals surface area contributed by atoms with Crippen LogP contribution in [0.4, 0.5) is 11.4 Å². The predicted molar refractivity (Wildman–Crippen MR) is 105 cm³/mol. The highest BCUT2D eigenvalue weighted by atomic mass is 16.6. The Kier molecular flexibility index (Phi) is 5.64. The van der Waals surface area contributed by atoms with Crippen LogP contribution in [0.3, 0.4) is 0 Å². The first kappa shape index (κ1) is 19.0. The molecule has 0 saturated heterocycles. The van der Waals surface area contributed by atoms with Gasteiger partial charge in [-0.3, -0.25) is 14.9 Å². The summed E-state index contributed by atoms with van der Waals surface area (Å²) in [6.45, 7) is 1.70. The third-order valence-electron chi connectivity index (χ3n) is 4.32. The van der Waals surface area contributed by atoms with Gasteiger partial charge in [0.1, 0.15) is 5.56 Å². The Morgan fingerprint density at radius 3 is 2.43 bits per heavy atom. The Morgan fingerprint density at radius 1 is 1.00 bits per heavy atom. The molecule has 0 unspecified atom stereocenters. The number of nitro benzene ring substituents is 1. The molecule has 0 atom stereocenters. The summed E-state index contributed by atoms with van der Waals surface area (Å²) in [6, 6.07) is 18.8.